The first kappa shape index (κ1) is 12.9. The fourth-order valence-electron chi connectivity index (χ4n) is 3.31. The number of likely N-dealkylation sites (tertiary alicyclic amines) is 1. The van der Waals surface area contributed by atoms with E-state index in [1.165, 1.54) is 12.1 Å². The van der Waals surface area contributed by atoms with E-state index < -0.39 is 5.82 Å². The van der Waals surface area contributed by atoms with Gasteiger partial charge in [0, 0.05) is 19.1 Å². The van der Waals surface area contributed by atoms with Crippen LogP contribution in [0.3, 0.4) is 0 Å². The molecule has 1 aliphatic carbocycles. The molecule has 0 unspecified atom stereocenters. The van der Waals surface area contributed by atoms with Crippen molar-refractivity contribution in [1.82, 2.24) is 4.90 Å². The predicted molar refractivity (Wildman–Crippen MR) is 71.5 cm³/mol. The average molecular weight is 283 g/mol. The first-order valence-electron chi connectivity index (χ1n) is 6.57. The summed E-state index contributed by atoms with van der Waals surface area (Å²) in [7, 11) is 0. The Hall–Kier alpha value is -1.13. The quantitative estimate of drug-likeness (QED) is 0.859. The van der Waals surface area contributed by atoms with Crippen molar-refractivity contribution >= 4 is 17.5 Å². The lowest BCUT2D eigenvalue weighted by atomic mass is 9.98. The van der Waals surface area contributed by atoms with Crippen LogP contribution in [-0.2, 0) is 0 Å². The van der Waals surface area contributed by atoms with Crippen LogP contribution in [0.15, 0.2) is 18.2 Å². The van der Waals surface area contributed by atoms with Crippen molar-refractivity contribution in [2.45, 2.75) is 18.9 Å². The number of carbonyl (C=O) groups is 1. The van der Waals surface area contributed by atoms with E-state index in [0.717, 1.165) is 12.8 Å². The Labute approximate surface area is 116 Å². The Morgan fingerprint density at radius 2 is 2.16 bits per heavy atom. The van der Waals surface area contributed by atoms with E-state index in [0.29, 0.717) is 24.9 Å². The van der Waals surface area contributed by atoms with Crippen LogP contribution in [0.4, 0.5) is 4.39 Å². The topological polar surface area (TPSA) is 46.3 Å². The molecule has 0 aromatic heterocycles. The summed E-state index contributed by atoms with van der Waals surface area (Å²) in [5.74, 6) is -0.0653. The van der Waals surface area contributed by atoms with E-state index in [-0.39, 0.29) is 22.5 Å². The fourth-order valence-corrected chi connectivity index (χ4v) is 3.49. The molecule has 1 aromatic carbocycles. The molecule has 1 heterocycles. The number of rotatable bonds is 1. The van der Waals surface area contributed by atoms with Crippen LogP contribution >= 0.6 is 11.6 Å². The van der Waals surface area contributed by atoms with E-state index in [1.54, 1.807) is 11.0 Å². The van der Waals surface area contributed by atoms with E-state index in [4.69, 9.17) is 17.3 Å². The van der Waals surface area contributed by atoms with Crippen molar-refractivity contribution in [1.29, 1.82) is 0 Å². The molecule has 1 aliphatic heterocycles. The molecule has 3 rings (SSSR count). The molecule has 1 saturated heterocycles. The summed E-state index contributed by atoms with van der Waals surface area (Å²) >= 11 is 5.72. The molecule has 1 amide bonds. The maximum atomic E-state index is 13.9. The van der Waals surface area contributed by atoms with Gasteiger partial charge in [0.25, 0.3) is 5.91 Å². The van der Waals surface area contributed by atoms with Crippen molar-refractivity contribution < 1.29 is 9.18 Å². The van der Waals surface area contributed by atoms with Crippen molar-refractivity contribution in [2.24, 2.45) is 17.6 Å². The van der Waals surface area contributed by atoms with Crippen LogP contribution in [0.5, 0.6) is 0 Å². The number of carbonyl (C=O) groups excluding carboxylic acids is 1. The lowest BCUT2D eigenvalue weighted by molar-refractivity contribution is 0.0775. The SMILES string of the molecule is N[C@@H]1CC[C@H]2CN(C(=O)c3cccc(Cl)c3F)C[C@H]21. The van der Waals surface area contributed by atoms with Gasteiger partial charge >= 0.3 is 0 Å². The number of halogens is 2. The Kier molecular flexibility index (Phi) is 3.23. The lowest BCUT2D eigenvalue weighted by Gasteiger charge is -2.19. The predicted octanol–water partition coefficient (Wildman–Crippen LogP) is 2.29. The Balaban J connectivity index is 1.81. The Morgan fingerprint density at radius 1 is 1.37 bits per heavy atom. The largest absolute Gasteiger partial charge is 0.338 e. The highest BCUT2D eigenvalue weighted by Gasteiger charge is 2.42. The molecule has 2 fully saturated rings. The maximum absolute atomic E-state index is 13.9. The molecule has 1 saturated carbocycles. The summed E-state index contributed by atoms with van der Waals surface area (Å²) in [4.78, 5) is 14.1. The van der Waals surface area contributed by atoms with Crippen LogP contribution in [0.2, 0.25) is 5.02 Å². The number of benzene rings is 1. The minimum atomic E-state index is -0.629. The Morgan fingerprint density at radius 3 is 2.89 bits per heavy atom. The van der Waals surface area contributed by atoms with Gasteiger partial charge in [-0.1, -0.05) is 17.7 Å². The van der Waals surface area contributed by atoms with Crippen LogP contribution in [0, 0.1) is 17.7 Å². The summed E-state index contributed by atoms with van der Waals surface area (Å²) in [6.07, 6.45) is 2.09. The van der Waals surface area contributed by atoms with E-state index >= 15 is 0 Å². The molecule has 0 spiro atoms. The molecule has 2 aliphatic rings. The third-order valence-electron chi connectivity index (χ3n) is 4.38. The van der Waals surface area contributed by atoms with Crippen LogP contribution in [-0.4, -0.2) is 29.9 Å². The monoisotopic (exact) mass is 282 g/mol. The van der Waals surface area contributed by atoms with Gasteiger partial charge in [-0.25, -0.2) is 4.39 Å². The summed E-state index contributed by atoms with van der Waals surface area (Å²) in [5, 5.41) is -0.0121. The second-order valence-electron chi connectivity index (χ2n) is 5.48. The summed E-state index contributed by atoms with van der Waals surface area (Å²) in [5.41, 5.74) is 6.10. The van der Waals surface area contributed by atoms with E-state index in [1.807, 2.05) is 0 Å². The lowest BCUT2D eigenvalue weighted by Crippen LogP contribution is -2.33. The minimum Gasteiger partial charge on any atom is -0.338 e. The highest BCUT2D eigenvalue weighted by Crippen LogP contribution is 2.37. The number of hydrogen-bond acceptors (Lipinski definition) is 2. The van der Waals surface area contributed by atoms with Crippen LogP contribution < -0.4 is 5.73 Å². The molecule has 19 heavy (non-hydrogen) atoms. The minimum absolute atomic E-state index is 0.0121. The van der Waals surface area contributed by atoms with Gasteiger partial charge in [0.05, 0.1) is 10.6 Å². The van der Waals surface area contributed by atoms with Crippen molar-refractivity contribution in [3.05, 3.63) is 34.6 Å². The third kappa shape index (κ3) is 2.13. The second-order valence-corrected chi connectivity index (χ2v) is 5.88. The number of nitrogens with zero attached hydrogens (tertiary/aromatic N) is 1. The molecule has 1 aromatic rings. The highest BCUT2D eigenvalue weighted by molar-refractivity contribution is 6.31. The number of nitrogens with two attached hydrogens (primary N) is 1. The van der Waals surface area contributed by atoms with Crippen LogP contribution in [0.1, 0.15) is 23.2 Å². The summed E-state index contributed by atoms with van der Waals surface area (Å²) < 4.78 is 13.9. The van der Waals surface area contributed by atoms with Gasteiger partial charge in [-0.05, 0) is 36.8 Å². The average Bonchev–Trinajstić information content (AvgIpc) is 2.95. The normalized spacial score (nSPS) is 29.6. The fraction of sp³-hybridized carbons (Fsp3) is 0.500. The molecule has 102 valence electrons. The van der Waals surface area contributed by atoms with Gasteiger partial charge in [-0.3, -0.25) is 4.79 Å². The molecular weight excluding hydrogens is 267 g/mol. The second kappa shape index (κ2) is 4.76. The summed E-state index contributed by atoms with van der Waals surface area (Å²) in [6.45, 7) is 1.32. The first-order valence-corrected chi connectivity index (χ1v) is 6.94. The third-order valence-corrected chi connectivity index (χ3v) is 4.67. The standard InChI is InChI=1S/C14H16ClFN2O/c15-11-3-1-2-9(13(11)16)14(19)18-6-8-4-5-12(17)10(8)7-18/h1-3,8,10,12H,4-7,17H2/t8-,10+,12+/m0/s1. The highest BCUT2D eigenvalue weighted by atomic mass is 35.5. The van der Waals surface area contributed by atoms with E-state index in [2.05, 4.69) is 0 Å². The van der Waals surface area contributed by atoms with Gasteiger partial charge in [0.2, 0.25) is 0 Å². The molecule has 5 heteroatoms. The van der Waals surface area contributed by atoms with Gasteiger partial charge in [-0.2, -0.15) is 0 Å². The van der Waals surface area contributed by atoms with Crippen molar-refractivity contribution in [3.8, 4) is 0 Å². The smallest absolute Gasteiger partial charge is 0.256 e. The molecule has 2 N–H and O–H groups in total. The van der Waals surface area contributed by atoms with E-state index in [9.17, 15) is 9.18 Å². The number of fused-ring (bicyclic) bond motifs is 1. The maximum Gasteiger partial charge on any atom is 0.256 e. The molecule has 3 atom stereocenters. The zero-order valence-corrected chi connectivity index (χ0v) is 11.2. The van der Waals surface area contributed by atoms with Gasteiger partial charge < -0.3 is 10.6 Å². The van der Waals surface area contributed by atoms with Gasteiger partial charge in [0.15, 0.2) is 5.82 Å². The first-order chi connectivity index (χ1) is 9.08. The van der Waals surface area contributed by atoms with Crippen molar-refractivity contribution in [2.75, 3.05) is 13.1 Å². The van der Waals surface area contributed by atoms with Crippen molar-refractivity contribution in [3.63, 3.8) is 0 Å². The zero-order valence-electron chi connectivity index (χ0n) is 10.5. The van der Waals surface area contributed by atoms with Gasteiger partial charge in [0.1, 0.15) is 0 Å². The number of amides is 1. The summed E-state index contributed by atoms with van der Waals surface area (Å²) in [6, 6.07) is 4.70. The number of hydrogen-bond donors (Lipinski definition) is 1. The molecular formula is C14H16ClFN2O. The van der Waals surface area contributed by atoms with Crippen LogP contribution in [0.25, 0.3) is 0 Å². The molecule has 3 nitrogen and oxygen atoms in total. The molecule has 0 bridgehead atoms. The Bertz CT molecular complexity index is 522. The molecule has 0 radical (unpaired) electrons. The zero-order chi connectivity index (χ0) is 13.6. The van der Waals surface area contributed by atoms with Gasteiger partial charge in [-0.15, -0.1) is 0 Å².